The molecule has 0 unspecified atom stereocenters. The van der Waals surface area contributed by atoms with Gasteiger partial charge in [0.1, 0.15) is 5.82 Å². The predicted octanol–water partition coefficient (Wildman–Crippen LogP) is 2.32. The van der Waals surface area contributed by atoms with Gasteiger partial charge in [0.05, 0.1) is 0 Å². The van der Waals surface area contributed by atoms with Crippen LogP contribution in [-0.2, 0) is 6.42 Å². The number of rotatable bonds is 7. The molecule has 0 amide bonds. The summed E-state index contributed by atoms with van der Waals surface area (Å²) in [6.07, 6.45) is 2.80. The van der Waals surface area contributed by atoms with E-state index in [0.717, 1.165) is 61.7 Å². The molecule has 1 heterocycles. The van der Waals surface area contributed by atoms with Crippen molar-refractivity contribution in [2.45, 2.75) is 19.3 Å². The second-order valence-corrected chi connectivity index (χ2v) is 7.68. The molecule has 1 aromatic carbocycles. The van der Waals surface area contributed by atoms with Gasteiger partial charge in [-0.1, -0.05) is 22.0 Å². The van der Waals surface area contributed by atoms with Crippen molar-refractivity contribution in [3.05, 3.63) is 34.1 Å². The van der Waals surface area contributed by atoms with E-state index < -0.39 is 0 Å². The average molecular weight is 428 g/mol. The summed E-state index contributed by atoms with van der Waals surface area (Å²) >= 11 is 3.28. The fraction of sp³-hybridized carbons (Fsp3) is 0.632. The lowest BCUT2D eigenvalue weighted by Crippen LogP contribution is -2.42. The van der Waals surface area contributed by atoms with Gasteiger partial charge in [0.25, 0.3) is 0 Å². The Morgan fingerprint density at radius 3 is 2.77 bits per heavy atom. The minimum absolute atomic E-state index is 0.148. The van der Waals surface area contributed by atoms with Crippen molar-refractivity contribution in [3.8, 4) is 0 Å². The maximum atomic E-state index is 13.8. The summed E-state index contributed by atoms with van der Waals surface area (Å²) in [5.41, 5.74) is 0.754. The summed E-state index contributed by atoms with van der Waals surface area (Å²) in [7, 11) is 3.97. The molecule has 0 radical (unpaired) electrons. The molecule has 5 nitrogen and oxygen atoms in total. The van der Waals surface area contributed by atoms with Crippen molar-refractivity contribution in [3.63, 3.8) is 0 Å². The maximum absolute atomic E-state index is 13.8. The van der Waals surface area contributed by atoms with E-state index >= 15 is 0 Å². The Morgan fingerprint density at radius 2 is 2.00 bits per heavy atom. The average Bonchev–Trinajstić information content (AvgIpc) is 2.83. The van der Waals surface area contributed by atoms with Crippen molar-refractivity contribution in [2.24, 2.45) is 4.99 Å². The summed E-state index contributed by atoms with van der Waals surface area (Å²) in [5.74, 6) is 0.665. The van der Waals surface area contributed by atoms with E-state index in [-0.39, 0.29) is 5.82 Å². The van der Waals surface area contributed by atoms with Gasteiger partial charge < -0.3 is 20.4 Å². The first-order chi connectivity index (χ1) is 12.6. The summed E-state index contributed by atoms with van der Waals surface area (Å²) < 4.78 is 14.6. The normalized spacial score (nSPS) is 17.2. The fourth-order valence-electron chi connectivity index (χ4n) is 3.09. The van der Waals surface area contributed by atoms with Crippen LogP contribution >= 0.6 is 15.9 Å². The van der Waals surface area contributed by atoms with E-state index in [4.69, 9.17) is 0 Å². The lowest BCUT2D eigenvalue weighted by Gasteiger charge is -2.21. The molecule has 1 aliphatic heterocycles. The smallest absolute Gasteiger partial charge is 0.191 e. The molecular formula is C19H31BrFN5. The Bertz CT molecular complexity index is 581. The number of hydrogen-bond acceptors (Lipinski definition) is 3. The van der Waals surface area contributed by atoms with Crippen LogP contribution in [0.3, 0.4) is 0 Å². The lowest BCUT2D eigenvalue weighted by molar-refractivity contribution is 0.280. The monoisotopic (exact) mass is 427 g/mol. The van der Waals surface area contributed by atoms with E-state index in [1.807, 2.05) is 12.1 Å². The third kappa shape index (κ3) is 7.60. The van der Waals surface area contributed by atoms with Gasteiger partial charge in [0.2, 0.25) is 0 Å². The highest BCUT2D eigenvalue weighted by Crippen LogP contribution is 2.16. The molecular weight excluding hydrogens is 397 g/mol. The molecule has 1 aliphatic rings. The Kier molecular flexibility index (Phi) is 9.36. The Balaban J connectivity index is 1.61. The number of likely N-dealkylation sites (N-methyl/N-ethyl adjacent to an activating group) is 1. The van der Waals surface area contributed by atoms with Gasteiger partial charge in [-0.25, -0.2) is 4.39 Å². The number of guanidine groups is 1. The van der Waals surface area contributed by atoms with Crippen LogP contribution in [0.1, 0.15) is 18.4 Å². The first-order valence-corrected chi connectivity index (χ1v) is 10.2. The standard InChI is InChI=1S/C19H31BrFN5/c1-22-19(24-9-12-26-11-4-10-25(2)13-14-26)23-8-3-5-16-6-7-17(20)15-18(16)21/h6-7,15H,3-5,8-14H2,1-2H3,(H2,22,23,24). The topological polar surface area (TPSA) is 42.9 Å². The fourth-order valence-corrected chi connectivity index (χ4v) is 3.42. The highest BCUT2D eigenvalue weighted by Gasteiger charge is 2.11. The number of hydrogen-bond donors (Lipinski definition) is 2. The largest absolute Gasteiger partial charge is 0.356 e. The molecule has 2 rings (SSSR count). The Labute approximate surface area is 165 Å². The van der Waals surface area contributed by atoms with Crippen LogP contribution in [0.15, 0.2) is 27.7 Å². The Morgan fingerprint density at radius 1 is 1.19 bits per heavy atom. The van der Waals surface area contributed by atoms with Gasteiger partial charge in [-0.05, 0) is 57.1 Å². The van der Waals surface area contributed by atoms with E-state index in [2.05, 4.69) is 48.4 Å². The third-order valence-electron chi connectivity index (χ3n) is 4.69. The van der Waals surface area contributed by atoms with Gasteiger partial charge in [-0.2, -0.15) is 0 Å². The zero-order chi connectivity index (χ0) is 18.8. The van der Waals surface area contributed by atoms with Crippen molar-refractivity contribution in [1.29, 1.82) is 0 Å². The van der Waals surface area contributed by atoms with Gasteiger partial charge in [-0.3, -0.25) is 4.99 Å². The van der Waals surface area contributed by atoms with Gasteiger partial charge in [0, 0.05) is 44.2 Å². The second-order valence-electron chi connectivity index (χ2n) is 6.76. The van der Waals surface area contributed by atoms with Crippen LogP contribution < -0.4 is 10.6 Å². The molecule has 26 heavy (non-hydrogen) atoms. The molecule has 1 aromatic rings. The predicted molar refractivity (Wildman–Crippen MR) is 110 cm³/mol. The summed E-state index contributed by atoms with van der Waals surface area (Å²) in [6, 6.07) is 5.24. The second kappa shape index (κ2) is 11.5. The van der Waals surface area contributed by atoms with Gasteiger partial charge in [-0.15, -0.1) is 0 Å². The molecule has 0 spiro atoms. The summed E-state index contributed by atoms with van der Waals surface area (Å²) in [4.78, 5) is 9.15. The molecule has 0 atom stereocenters. The molecule has 1 fully saturated rings. The minimum atomic E-state index is -0.148. The van der Waals surface area contributed by atoms with Crippen molar-refractivity contribution in [1.82, 2.24) is 20.4 Å². The van der Waals surface area contributed by atoms with Crippen LogP contribution in [0.5, 0.6) is 0 Å². The highest BCUT2D eigenvalue weighted by molar-refractivity contribution is 9.10. The van der Waals surface area contributed by atoms with E-state index in [0.29, 0.717) is 6.42 Å². The van der Waals surface area contributed by atoms with Crippen molar-refractivity contribution in [2.75, 3.05) is 59.9 Å². The first-order valence-electron chi connectivity index (χ1n) is 9.38. The number of aliphatic imine (C=N–C) groups is 1. The Hall–Kier alpha value is -1.18. The summed E-state index contributed by atoms with van der Waals surface area (Å²) in [5, 5.41) is 6.68. The molecule has 7 heteroatoms. The minimum Gasteiger partial charge on any atom is -0.356 e. The van der Waals surface area contributed by atoms with Crippen molar-refractivity contribution >= 4 is 21.9 Å². The van der Waals surface area contributed by atoms with Gasteiger partial charge >= 0.3 is 0 Å². The third-order valence-corrected chi connectivity index (χ3v) is 5.18. The molecule has 2 N–H and O–H groups in total. The van der Waals surface area contributed by atoms with E-state index in [1.54, 1.807) is 7.05 Å². The number of nitrogens with zero attached hydrogens (tertiary/aromatic N) is 3. The van der Waals surface area contributed by atoms with Crippen LogP contribution in [0, 0.1) is 5.82 Å². The highest BCUT2D eigenvalue weighted by atomic mass is 79.9. The zero-order valence-electron chi connectivity index (χ0n) is 15.9. The maximum Gasteiger partial charge on any atom is 0.191 e. The van der Waals surface area contributed by atoms with Gasteiger partial charge in [0.15, 0.2) is 5.96 Å². The van der Waals surface area contributed by atoms with Crippen LogP contribution in [-0.4, -0.2) is 75.7 Å². The zero-order valence-corrected chi connectivity index (χ0v) is 17.5. The molecule has 0 bridgehead atoms. The van der Waals surface area contributed by atoms with E-state index in [9.17, 15) is 4.39 Å². The molecule has 146 valence electrons. The van der Waals surface area contributed by atoms with Crippen LogP contribution in [0.2, 0.25) is 0 Å². The first kappa shape index (κ1) is 21.1. The van der Waals surface area contributed by atoms with Crippen molar-refractivity contribution < 1.29 is 4.39 Å². The van der Waals surface area contributed by atoms with E-state index in [1.165, 1.54) is 19.0 Å². The number of halogens is 2. The SMILES string of the molecule is CN=C(NCCCc1ccc(Br)cc1F)NCCN1CCCN(C)CC1. The number of nitrogens with one attached hydrogen (secondary N) is 2. The summed E-state index contributed by atoms with van der Waals surface area (Å²) in [6.45, 7) is 7.29. The van der Waals surface area contributed by atoms with Crippen LogP contribution in [0.4, 0.5) is 4.39 Å². The van der Waals surface area contributed by atoms with Crippen LogP contribution in [0.25, 0.3) is 0 Å². The molecule has 0 saturated carbocycles. The molecule has 0 aromatic heterocycles. The molecule has 0 aliphatic carbocycles. The number of aryl methyl sites for hydroxylation is 1. The molecule has 1 saturated heterocycles. The number of benzene rings is 1. The quantitative estimate of drug-likeness (QED) is 0.398. The lowest BCUT2D eigenvalue weighted by atomic mass is 10.1.